The van der Waals surface area contributed by atoms with Crippen LogP contribution in [0.15, 0.2) is 81.4 Å². The molecule has 0 aliphatic carbocycles. The van der Waals surface area contributed by atoms with E-state index < -0.39 is 11.4 Å². The van der Waals surface area contributed by atoms with Crippen LogP contribution in [0, 0.1) is 11.3 Å². The molecule has 0 atom stereocenters. The number of halogens is 1. The maximum atomic E-state index is 13.0. The minimum absolute atomic E-state index is 0.122. The lowest BCUT2D eigenvalue weighted by atomic mass is 10.2. The molecular formula is C24H19ClN6O3. The van der Waals surface area contributed by atoms with Crippen molar-refractivity contribution in [3.05, 3.63) is 110 Å². The number of H-pyrrole nitrogens is 1. The van der Waals surface area contributed by atoms with Gasteiger partial charge in [0.15, 0.2) is 0 Å². The van der Waals surface area contributed by atoms with E-state index in [9.17, 15) is 9.59 Å². The van der Waals surface area contributed by atoms with Crippen LogP contribution in [0.25, 0.3) is 0 Å². The van der Waals surface area contributed by atoms with Crippen molar-refractivity contribution >= 4 is 17.3 Å². The lowest BCUT2D eigenvalue weighted by Crippen LogP contribution is -2.49. The zero-order valence-corrected chi connectivity index (χ0v) is 18.9. The minimum atomic E-state index is -0.537. The van der Waals surface area contributed by atoms with E-state index in [0.717, 1.165) is 10.1 Å². The summed E-state index contributed by atoms with van der Waals surface area (Å²) in [6.07, 6.45) is 1.42. The maximum Gasteiger partial charge on any atom is 0.335 e. The van der Waals surface area contributed by atoms with Gasteiger partial charge in [-0.2, -0.15) is 5.26 Å². The normalized spacial score (nSPS) is 11.3. The average Bonchev–Trinajstić information content (AvgIpc) is 2.84. The SMILES string of the molecule is CCn1c(=O)[nH]/c(=N\c2ccc(Oc3ccc(C#N)cn3)cc2)n(Cc2ccc(Cl)cc2)c1=O. The van der Waals surface area contributed by atoms with Crippen LogP contribution in [0.1, 0.15) is 18.1 Å². The van der Waals surface area contributed by atoms with Gasteiger partial charge in [0.05, 0.1) is 17.8 Å². The fourth-order valence-corrected chi connectivity index (χ4v) is 3.30. The van der Waals surface area contributed by atoms with Crippen molar-refractivity contribution in [2.45, 2.75) is 20.0 Å². The summed E-state index contributed by atoms with van der Waals surface area (Å²) in [6, 6.07) is 19.1. The van der Waals surface area contributed by atoms with Gasteiger partial charge in [-0.1, -0.05) is 23.7 Å². The van der Waals surface area contributed by atoms with E-state index in [2.05, 4.69) is 15.0 Å². The fourth-order valence-electron chi connectivity index (χ4n) is 3.17. The monoisotopic (exact) mass is 474 g/mol. The highest BCUT2D eigenvalue weighted by Crippen LogP contribution is 2.22. The number of nitrogens with one attached hydrogen (secondary N) is 1. The number of aromatic amines is 1. The van der Waals surface area contributed by atoms with Crippen LogP contribution in [-0.2, 0) is 13.1 Å². The zero-order valence-electron chi connectivity index (χ0n) is 18.1. The smallest absolute Gasteiger partial charge is 0.335 e. The molecule has 0 fully saturated rings. The fraction of sp³-hybridized carbons (Fsp3) is 0.125. The molecular weight excluding hydrogens is 456 g/mol. The zero-order chi connectivity index (χ0) is 24.1. The molecule has 1 N–H and O–H groups in total. The van der Waals surface area contributed by atoms with Gasteiger partial charge in [0, 0.05) is 23.8 Å². The number of hydrogen-bond donors (Lipinski definition) is 1. The second-order valence-corrected chi connectivity index (χ2v) is 7.63. The lowest BCUT2D eigenvalue weighted by molar-refractivity contribution is 0.463. The number of nitrogens with zero attached hydrogens (tertiary/aromatic N) is 5. The van der Waals surface area contributed by atoms with E-state index in [1.807, 2.05) is 18.2 Å². The molecule has 34 heavy (non-hydrogen) atoms. The van der Waals surface area contributed by atoms with E-state index in [1.165, 1.54) is 10.8 Å². The number of nitriles is 1. The van der Waals surface area contributed by atoms with Crippen LogP contribution in [0.2, 0.25) is 5.02 Å². The first kappa shape index (κ1) is 22.8. The second kappa shape index (κ2) is 10.0. The van der Waals surface area contributed by atoms with Gasteiger partial charge in [-0.25, -0.2) is 24.1 Å². The predicted octanol–water partition coefficient (Wildman–Crippen LogP) is 3.35. The Hall–Kier alpha value is -4.42. The van der Waals surface area contributed by atoms with Gasteiger partial charge in [-0.3, -0.25) is 9.55 Å². The van der Waals surface area contributed by atoms with Gasteiger partial charge in [0.2, 0.25) is 11.5 Å². The Morgan fingerprint density at radius 1 is 1.06 bits per heavy atom. The largest absolute Gasteiger partial charge is 0.439 e. The molecule has 9 nitrogen and oxygen atoms in total. The standard InChI is InChI=1S/C24H19ClN6O3/c1-2-30-23(32)29-22(31(24(30)33)15-16-3-6-18(25)7-4-16)28-19-8-10-20(11-9-19)34-21-12-5-17(13-26)14-27-21/h3-12,14H,2,15H2,1H3,(H,28,29,32). The van der Waals surface area contributed by atoms with Crippen LogP contribution >= 0.6 is 11.6 Å². The molecule has 0 saturated heterocycles. The van der Waals surface area contributed by atoms with Crippen LogP contribution in [0.5, 0.6) is 11.6 Å². The minimum Gasteiger partial charge on any atom is -0.439 e. The first-order valence-electron chi connectivity index (χ1n) is 10.3. The summed E-state index contributed by atoms with van der Waals surface area (Å²) in [5.41, 5.74) is 0.896. The van der Waals surface area contributed by atoms with Gasteiger partial charge < -0.3 is 4.74 Å². The molecule has 4 aromatic rings. The summed E-state index contributed by atoms with van der Waals surface area (Å²) in [4.78, 5) is 36.6. The Morgan fingerprint density at radius 3 is 2.41 bits per heavy atom. The average molecular weight is 475 g/mol. The van der Waals surface area contributed by atoms with Crippen molar-refractivity contribution in [2.75, 3.05) is 0 Å². The van der Waals surface area contributed by atoms with Gasteiger partial charge in [-0.15, -0.1) is 0 Å². The molecule has 0 unspecified atom stereocenters. The number of aromatic nitrogens is 4. The number of hydrogen-bond acceptors (Lipinski definition) is 6. The van der Waals surface area contributed by atoms with Crippen LogP contribution < -0.4 is 21.7 Å². The van der Waals surface area contributed by atoms with Crippen molar-refractivity contribution in [1.82, 2.24) is 19.1 Å². The second-order valence-electron chi connectivity index (χ2n) is 7.20. The molecule has 170 valence electrons. The lowest BCUT2D eigenvalue weighted by Gasteiger charge is -2.10. The summed E-state index contributed by atoms with van der Waals surface area (Å²) in [5.74, 6) is 0.858. The molecule has 2 aromatic heterocycles. The molecule has 2 heterocycles. The molecule has 0 amide bonds. The van der Waals surface area contributed by atoms with Gasteiger partial charge >= 0.3 is 11.4 Å². The molecule has 0 aliphatic rings. The summed E-state index contributed by atoms with van der Waals surface area (Å²) in [6.45, 7) is 2.16. The predicted molar refractivity (Wildman–Crippen MR) is 126 cm³/mol. The van der Waals surface area contributed by atoms with Crippen LogP contribution in [-0.4, -0.2) is 19.1 Å². The van der Waals surface area contributed by atoms with Crippen molar-refractivity contribution in [3.63, 3.8) is 0 Å². The van der Waals surface area contributed by atoms with E-state index >= 15 is 0 Å². The summed E-state index contributed by atoms with van der Waals surface area (Å²) >= 11 is 5.96. The van der Waals surface area contributed by atoms with Crippen LogP contribution in [0.3, 0.4) is 0 Å². The molecule has 4 rings (SSSR count). The molecule has 0 bridgehead atoms. The topological polar surface area (TPSA) is 118 Å². The first-order valence-corrected chi connectivity index (χ1v) is 10.7. The molecule has 0 spiro atoms. The van der Waals surface area contributed by atoms with Gasteiger partial charge in [0.25, 0.3) is 0 Å². The van der Waals surface area contributed by atoms with Crippen LogP contribution in [0.4, 0.5) is 5.69 Å². The Kier molecular flexibility index (Phi) is 6.71. The van der Waals surface area contributed by atoms with E-state index in [4.69, 9.17) is 21.6 Å². The van der Waals surface area contributed by atoms with E-state index in [-0.39, 0.29) is 18.7 Å². The van der Waals surface area contributed by atoms with Crippen molar-refractivity contribution in [2.24, 2.45) is 4.99 Å². The van der Waals surface area contributed by atoms with Crippen molar-refractivity contribution < 1.29 is 4.74 Å². The first-order chi connectivity index (χ1) is 16.5. The Bertz CT molecular complexity index is 1530. The number of rotatable bonds is 6. The number of ether oxygens (including phenoxy) is 1. The molecule has 2 aromatic carbocycles. The Balaban J connectivity index is 1.68. The molecule has 0 saturated carbocycles. The highest BCUT2D eigenvalue weighted by atomic mass is 35.5. The third-order valence-corrected chi connectivity index (χ3v) is 5.16. The van der Waals surface area contributed by atoms with Crippen molar-refractivity contribution in [1.29, 1.82) is 5.26 Å². The summed E-state index contributed by atoms with van der Waals surface area (Å²) in [5, 5.41) is 9.44. The number of benzene rings is 2. The molecule has 0 radical (unpaired) electrons. The summed E-state index contributed by atoms with van der Waals surface area (Å²) < 4.78 is 8.18. The summed E-state index contributed by atoms with van der Waals surface area (Å²) in [7, 11) is 0. The molecule has 0 aliphatic heterocycles. The quantitative estimate of drug-likeness (QED) is 0.459. The Labute approximate surface area is 198 Å². The third-order valence-electron chi connectivity index (χ3n) is 4.91. The van der Waals surface area contributed by atoms with E-state index in [1.54, 1.807) is 55.5 Å². The third kappa shape index (κ3) is 5.14. The highest BCUT2D eigenvalue weighted by molar-refractivity contribution is 6.30. The van der Waals surface area contributed by atoms with Crippen molar-refractivity contribution in [3.8, 4) is 17.7 Å². The highest BCUT2D eigenvalue weighted by Gasteiger charge is 2.09. The maximum absolute atomic E-state index is 13.0. The van der Waals surface area contributed by atoms with Gasteiger partial charge in [-0.05, 0) is 55.0 Å². The Morgan fingerprint density at radius 2 is 1.79 bits per heavy atom. The van der Waals surface area contributed by atoms with E-state index in [0.29, 0.717) is 27.9 Å². The number of pyridine rings is 1. The molecule has 10 heteroatoms. The van der Waals surface area contributed by atoms with Gasteiger partial charge in [0.1, 0.15) is 11.8 Å².